The molecule has 59 valence electrons. The molecule has 4 N–H and O–H groups in total. The van der Waals surface area contributed by atoms with Crippen molar-refractivity contribution in [1.29, 1.82) is 0 Å². The second-order valence-electron chi connectivity index (χ2n) is 2.24. The van der Waals surface area contributed by atoms with Crippen LogP contribution in [0.2, 0.25) is 0 Å². The summed E-state index contributed by atoms with van der Waals surface area (Å²) in [5, 5.41) is 0. The first-order chi connectivity index (χ1) is 5.20. The minimum atomic E-state index is -0.756. The fraction of sp³-hybridized carbons (Fsp3) is 0.333. The maximum Gasteiger partial charge on any atom is 0.255 e. The van der Waals surface area contributed by atoms with Crippen molar-refractivity contribution in [1.82, 2.24) is 15.7 Å². The van der Waals surface area contributed by atoms with Gasteiger partial charge in [-0.3, -0.25) is 10.5 Å². The van der Waals surface area contributed by atoms with Gasteiger partial charge < -0.3 is 10.7 Å². The quantitative estimate of drug-likeness (QED) is 0.588. The van der Waals surface area contributed by atoms with Gasteiger partial charge in [0, 0.05) is 12.6 Å². The summed E-state index contributed by atoms with van der Waals surface area (Å²) in [7, 11) is 0. The highest BCUT2D eigenvalue weighted by molar-refractivity contribution is 5.79. The molecule has 1 heterocycles. The predicted octanol–water partition coefficient (Wildman–Crippen LogP) is -0.911. The molecule has 0 unspecified atom stereocenters. The molecule has 1 aromatic heterocycles. The Morgan fingerprint density at radius 2 is 2.64 bits per heavy atom. The maximum atomic E-state index is 10.4. The molecule has 1 amide bonds. The van der Waals surface area contributed by atoms with Gasteiger partial charge in [-0.15, -0.1) is 0 Å². The second kappa shape index (κ2) is 3.16. The number of H-pyrrole nitrogens is 1. The third-order valence-corrected chi connectivity index (χ3v) is 1.32. The van der Waals surface area contributed by atoms with Gasteiger partial charge in [-0.05, 0) is 0 Å². The molecule has 5 nitrogen and oxygen atoms in total. The summed E-state index contributed by atoms with van der Waals surface area (Å²) >= 11 is 0. The summed E-state index contributed by atoms with van der Waals surface area (Å²) in [6.45, 7) is 0. The first-order valence-electron chi connectivity index (χ1n) is 3.19. The molecule has 5 heteroatoms. The van der Waals surface area contributed by atoms with Crippen molar-refractivity contribution in [2.45, 2.75) is 12.5 Å². The second-order valence-corrected chi connectivity index (χ2v) is 2.24. The summed E-state index contributed by atoms with van der Waals surface area (Å²) in [5.74, 6) is -0.756. The number of carbonyl (C=O) groups is 1. The van der Waals surface area contributed by atoms with Crippen LogP contribution in [0.3, 0.4) is 0 Å². The number of nitrogens with zero attached hydrogens (tertiary/aromatic N) is 1. The number of hydrogen-bond acceptors (Lipinski definition) is 3. The normalized spacial score (nSPS) is 12.8. The molecular weight excluding hydrogens is 144 g/mol. The Morgan fingerprint density at radius 3 is 3.09 bits per heavy atom. The Bertz CT molecular complexity index is 231. The minimum absolute atomic E-state index is 0.325. The zero-order chi connectivity index (χ0) is 8.27. The first kappa shape index (κ1) is 7.74. The Balaban J connectivity index is 2.50. The fourth-order valence-corrected chi connectivity index (χ4v) is 0.721. The van der Waals surface area contributed by atoms with E-state index in [1.807, 2.05) is 0 Å². The molecule has 1 radical (unpaired) electrons. The van der Waals surface area contributed by atoms with Gasteiger partial charge in [-0.1, -0.05) is 0 Å². The molecule has 0 aliphatic carbocycles. The summed E-state index contributed by atoms with van der Waals surface area (Å²) in [6, 6.07) is -0.752. The SMILES string of the molecule is [NH]C(=O)[C@@H](N)Cc1c[nH]cn1. The predicted molar refractivity (Wildman–Crippen MR) is 38.4 cm³/mol. The molecule has 0 saturated heterocycles. The van der Waals surface area contributed by atoms with Crippen LogP contribution in [0.5, 0.6) is 0 Å². The Morgan fingerprint density at radius 1 is 1.91 bits per heavy atom. The number of nitrogens with one attached hydrogen (secondary N) is 2. The van der Waals surface area contributed by atoms with Crippen LogP contribution in [0.1, 0.15) is 5.69 Å². The minimum Gasteiger partial charge on any atom is -0.351 e. The topological polar surface area (TPSA) is 95.6 Å². The van der Waals surface area contributed by atoms with E-state index in [0.29, 0.717) is 12.1 Å². The van der Waals surface area contributed by atoms with Crippen molar-refractivity contribution in [3.8, 4) is 0 Å². The third-order valence-electron chi connectivity index (χ3n) is 1.32. The smallest absolute Gasteiger partial charge is 0.255 e. The molecule has 11 heavy (non-hydrogen) atoms. The standard InChI is InChI=1S/C6H9N4O/c7-5(6(8)11)1-4-2-9-3-10-4/h2-3,5,8H,1,7H2,(H,9,10)/t5-/m0/s1. The highest BCUT2D eigenvalue weighted by atomic mass is 16.1. The lowest BCUT2D eigenvalue weighted by molar-refractivity contribution is -0.119. The van der Waals surface area contributed by atoms with Crippen LogP contribution < -0.4 is 11.5 Å². The number of imidazole rings is 1. The van der Waals surface area contributed by atoms with Gasteiger partial charge in [0.05, 0.1) is 18.1 Å². The van der Waals surface area contributed by atoms with Crippen molar-refractivity contribution in [2.75, 3.05) is 0 Å². The van der Waals surface area contributed by atoms with E-state index in [1.165, 1.54) is 6.33 Å². The Hall–Kier alpha value is -1.36. The molecule has 0 spiro atoms. The largest absolute Gasteiger partial charge is 0.351 e. The van der Waals surface area contributed by atoms with Crippen molar-refractivity contribution in [3.05, 3.63) is 18.2 Å². The van der Waals surface area contributed by atoms with Crippen molar-refractivity contribution in [2.24, 2.45) is 5.73 Å². The molecule has 0 aromatic carbocycles. The first-order valence-corrected chi connectivity index (χ1v) is 3.19. The van der Waals surface area contributed by atoms with Gasteiger partial charge in [0.1, 0.15) is 0 Å². The van der Waals surface area contributed by atoms with E-state index in [2.05, 4.69) is 9.97 Å². The van der Waals surface area contributed by atoms with Crippen LogP contribution in [0, 0.1) is 0 Å². The highest BCUT2D eigenvalue weighted by Crippen LogP contribution is 1.95. The average molecular weight is 153 g/mol. The number of rotatable bonds is 3. The fourth-order valence-electron chi connectivity index (χ4n) is 0.721. The third kappa shape index (κ3) is 2.05. The number of amides is 1. The van der Waals surface area contributed by atoms with Crippen LogP contribution >= 0.6 is 0 Å². The van der Waals surface area contributed by atoms with Gasteiger partial charge in [0.15, 0.2) is 0 Å². The van der Waals surface area contributed by atoms with E-state index in [0.717, 1.165) is 0 Å². The van der Waals surface area contributed by atoms with E-state index in [1.54, 1.807) is 6.20 Å². The van der Waals surface area contributed by atoms with Gasteiger partial charge in [0.25, 0.3) is 5.91 Å². The molecule has 0 aliphatic heterocycles. The number of aromatic nitrogens is 2. The van der Waals surface area contributed by atoms with Gasteiger partial charge in [0.2, 0.25) is 0 Å². The molecular formula is C6H9N4O. The van der Waals surface area contributed by atoms with E-state index in [-0.39, 0.29) is 0 Å². The Kier molecular flexibility index (Phi) is 2.22. The number of hydrogen-bond donors (Lipinski definition) is 2. The van der Waals surface area contributed by atoms with Gasteiger partial charge in [-0.25, -0.2) is 4.98 Å². The lowest BCUT2D eigenvalue weighted by atomic mass is 10.2. The van der Waals surface area contributed by atoms with E-state index >= 15 is 0 Å². The van der Waals surface area contributed by atoms with Crippen LogP contribution in [-0.4, -0.2) is 21.9 Å². The van der Waals surface area contributed by atoms with Crippen LogP contribution in [0.15, 0.2) is 12.5 Å². The Labute approximate surface area is 63.8 Å². The number of nitrogens with two attached hydrogens (primary N) is 1. The van der Waals surface area contributed by atoms with E-state index in [9.17, 15) is 4.79 Å². The zero-order valence-electron chi connectivity index (χ0n) is 5.87. The molecule has 0 aliphatic rings. The molecule has 1 aromatic rings. The monoisotopic (exact) mass is 153 g/mol. The van der Waals surface area contributed by atoms with Gasteiger partial charge >= 0.3 is 0 Å². The molecule has 1 rings (SSSR count). The number of carbonyl (C=O) groups excluding carboxylic acids is 1. The van der Waals surface area contributed by atoms with Crippen molar-refractivity contribution < 1.29 is 4.79 Å². The van der Waals surface area contributed by atoms with E-state index < -0.39 is 11.9 Å². The van der Waals surface area contributed by atoms with Crippen LogP contribution in [-0.2, 0) is 11.2 Å². The average Bonchev–Trinajstić information content (AvgIpc) is 2.39. The summed E-state index contributed by atoms with van der Waals surface area (Å²) in [6.07, 6.45) is 3.49. The molecule has 0 fully saturated rings. The maximum absolute atomic E-state index is 10.4. The lowest BCUT2D eigenvalue weighted by Gasteiger charge is -2.01. The molecule has 1 atom stereocenters. The number of aromatic amines is 1. The van der Waals surface area contributed by atoms with Crippen LogP contribution in [0.4, 0.5) is 0 Å². The molecule has 0 bridgehead atoms. The van der Waals surface area contributed by atoms with Crippen molar-refractivity contribution in [3.63, 3.8) is 0 Å². The summed E-state index contributed by atoms with van der Waals surface area (Å²) < 4.78 is 0. The van der Waals surface area contributed by atoms with Crippen LogP contribution in [0.25, 0.3) is 0 Å². The lowest BCUT2D eigenvalue weighted by Crippen LogP contribution is -2.33. The van der Waals surface area contributed by atoms with E-state index in [4.69, 9.17) is 11.5 Å². The highest BCUT2D eigenvalue weighted by Gasteiger charge is 2.11. The summed E-state index contributed by atoms with van der Waals surface area (Å²) in [5.41, 5.74) is 12.7. The summed E-state index contributed by atoms with van der Waals surface area (Å²) in [4.78, 5) is 17.0. The molecule has 0 saturated carbocycles. The van der Waals surface area contributed by atoms with Crippen molar-refractivity contribution >= 4 is 5.91 Å². The zero-order valence-corrected chi connectivity index (χ0v) is 5.87. The van der Waals surface area contributed by atoms with Gasteiger partial charge in [-0.2, -0.15) is 0 Å².